The molecule has 1 aromatic rings. The van der Waals surface area contributed by atoms with Crippen molar-refractivity contribution in [1.82, 2.24) is 10.3 Å². The van der Waals surface area contributed by atoms with E-state index in [1.165, 1.54) is 0 Å². The van der Waals surface area contributed by atoms with Gasteiger partial charge in [-0.05, 0) is 37.8 Å². The Morgan fingerprint density at radius 3 is 2.65 bits per heavy atom. The second-order valence-corrected chi connectivity index (χ2v) is 5.48. The van der Waals surface area contributed by atoms with E-state index in [0.29, 0.717) is 12.5 Å². The third-order valence-electron chi connectivity index (χ3n) is 2.82. The minimum Gasteiger partial charge on any atom is -0.389 e. The van der Waals surface area contributed by atoms with Gasteiger partial charge in [-0.1, -0.05) is 19.9 Å². The highest BCUT2D eigenvalue weighted by molar-refractivity contribution is 5.12. The fourth-order valence-corrected chi connectivity index (χ4v) is 2.07. The fourth-order valence-electron chi connectivity index (χ4n) is 2.07. The van der Waals surface area contributed by atoms with E-state index >= 15 is 0 Å². The van der Waals surface area contributed by atoms with E-state index < -0.39 is 5.60 Å². The maximum atomic E-state index is 10.2. The number of hydrogen-bond donors (Lipinski definition) is 2. The normalized spacial score (nSPS) is 16.8. The maximum absolute atomic E-state index is 10.2. The molecular weight excluding hydrogens is 212 g/mol. The van der Waals surface area contributed by atoms with Gasteiger partial charge < -0.3 is 10.4 Å². The summed E-state index contributed by atoms with van der Waals surface area (Å²) in [4.78, 5) is 4.10. The van der Waals surface area contributed by atoms with E-state index in [4.69, 9.17) is 0 Å². The Kier molecular flexibility index (Phi) is 5.09. The second kappa shape index (κ2) is 6.12. The SMILES string of the molecule is CC(C)CC(C)(O)CNC(C)c1cccnc1. The summed E-state index contributed by atoms with van der Waals surface area (Å²) in [6.45, 7) is 8.82. The molecule has 1 rings (SSSR count). The molecule has 17 heavy (non-hydrogen) atoms. The third kappa shape index (κ3) is 5.29. The van der Waals surface area contributed by atoms with Crippen LogP contribution in [0.15, 0.2) is 24.5 Å². The van der Waals surface area contributed by atoms with Crippen molar-refractivity contribution in [2.75, 3.05) is 6.54 Å². The van der Waals surface area contributed by atoms with Gasteiger partial charge in [-0.25, -0.2) is 0 Å². The lowest BCUT2D eigenvalue weighted by Crippen LogP contribution is -2.39. The summed E-state index contributed by atoms with van der Waals surface area (Å²) in [6.07, 6.45) is 4.43. The Balaban J connectivity index is 2.45. The zero-order valence-corrected chi connectivity index (χ0v) is 11.3. The van der Waals surface area contributed by atoms with E-state index in [1.54, 1.807) is 6.20 Å². The Hall–Kier alpha value is -0.930. The molecule has 2 atom stereocenters. The van der Waals surface area contributed by atoms with Gasteiger partial charge in [0, 0.05) is 25.0 Å². The molecule has 0 aliphatic carbocycles. The maximum Gasteiger partial charge on any atom is 0.0746 e. The van der Waals surface area contributed by atoms with E-state index in [-0.39, 0.29) is 6.04 Å². The molecule has 0 bridgehead atoms. The lowest BCUT2D eigenvalue weighted by Gasteiger charge is -2.27. The number of nitrogens with zero attached hydrogens (tertiary/aromatic N) is 1. The van der Waals surface area contributed by atoms with Gasteiger partial charge in [0.15, 0.2) is 0 Å². The van der Waals surface area contributed by atoms with Crippen molar-refractivity contribution in [1.29, 1.82) is 0 Å². The molecule has 0 aliphatic heterocycles. The molecule has 96 valence electrons. The minimum absolute atomic E-state index is 0.210. The van der Waals surface area contributed by atoms with Gasteiger partial charge in [0.1, 0.15) is 0 Å². The topological polar surface area (TPSA) is 45.1 Å². The van der Waals surface area contributed by atoms with Crippen LogP contribution in [0.1, 0.15) is 45.7 Å². The summed E-state index contributed by atoms with van der Waals surface area (Å²) in [7, 11) is 0. The lowest BCUT2D eigenvalue weighted by molar-refractivity contribution is 0.0363. The van der Waals surface area contributed by atoms with Crippen molar-refractivity contribution in [3.05, 3.63) is 30.1 Å². The molecule has 0 spiro atoms. The van der Waals surface area contributed by atoms with Crippen molar-refractivity contribution in [2.45, 2.75) is 45.8 Å². The van der Waals surface area contributed by atoms with Crippen LogP contribution in [0.3, 0.4) is 0 Å². The van der Waals surface area contributed by atoms with E-state index in [1.807, 2.05) is 25.3 Å². The highest BCUT2D eigenvalue weighted by Crippen LogP contribution is 2.17. The van der Waals surface area contributed by atoms with Gasteiger partial charge in [0.05, 0.1) is 5.60 Å². The van der Waals surface area contributed by atoms with Gasteiger partial charge in [0.25, 0.3) is 0 Å². The number of aliphatic hydroxyl groups is 1. The van der Waals surface area contributed by atoms with Crippen LogP contribution in [-0.2, 0) is 0 Å². The average Bonchev–Trinajstić information content (AvgIpc) is 2.25. The molecule has 3 heteroatoms. The third-order valence-corrected chi connectivity index (χ3v) is 2.82. The fraction of sp³-hybridized carbons (Fsp3) is 0.643. The Labute approximate surface area is 104 Å². The summed E-state index contributed by atoms with van der Waals surface area (Å²) >= 11 is 0. The molecule has 2 unspecified atom stereocenters. The number of rotatable bonds is 6. The number of aromatic nitrogens is 1. The van der Waals surface area contributed by atoms with Crippen LogP contribution in [0.4, 0.5) is 0 Å². The smallest absolute Gasteiger partial charge is 0.0746 e. The van der Waals surface area contributed by atoms with Gasteiger partial charge in [-0.3, -0.25) is 4.98 Å². The van der Waals surface area contributed by atoms with Crippen molar-refractivity contribution >= 4 is 0 Å². The van der Waals surface area contributed by atoms with Crippen molar-refractivity contribution in [3.63, 3.8) is 0 Å². The van der Waals surface area contributed by atoms with Crippen molar-refractivity contribution in [2.24, 2.45) is 5.92 Å². The highest BCUT2D eigenvalue weighted by atomic mass is 16.3. The average molecular weight is 236 g/mol. The Bertz CT molecular complexity index is 322. The zero-order chi connectivity index (χ0) is 12.9. The first kappa shape index (κ1) is 14.1. The summed E-state index contributed by atoms with van der Waals surface area (Å²) < 4.78 is 0. The van der Waals surface area contributed by atoms with Crippen LogP contribution in [0.2, 0.25) is 0 Å². The monoisotopic (exact) mass is 236 g/mol. The lowest BCUT2D eigenvalue weighted by atomic mass is 9.94. The van der Waals surface area contributed by atoms with Crippen LogP contribution in [0, 0.1) is 5.92 Å². The molecule has 1 heterocycles. The molecule has 0 saturated heterocycles. The number of pyridine rings is 1. The highest BCUT2D eigenvalue weighted by Gasteiger charge is 2.22. The predicted molar refractivity (Wildman–Crippen MR) is 70.7 cm³/mol. The molecule has 0 amide bonds. The van der Waals surface area contributed by atoms with Gasteiger partial charge >= 0.3 is 0 Å². The summed E-state index contributed by atoms with van der Waals surface area (Å²) in [5, 5.41) is 13.6. The van der Waals surface area contributed by atoms with E-state index in [9.17, 15) is 5.11 Å². The molecule has 0 radical (unpaired) electrons. The second-order valence-electron chi connectivity index (χ2n) is 5.48. The molecule has 2 N–H and O–H groups in total. The number of nitrogens with one attached hydrogen (secondary N) is 1. The van der Waals surface area contributed by atoms with E-state index in [2.05, 4.69) is 31.1 Å². The Morgan fingerprint density at radius 2 is 2.12 bits per heavy atom. The molecule has 3 nitrogen and oxygen atoms in total. The van der Waals surface area contributed by atoms with Crippen LogP contribution in [0.5, 0.6) is 0 Å². The predicted octanol–water partition coefficient (Wildman–Crippen LogP) is 2.53. The standard InChI is InChI=1S/C14H24N2O/c1-11(2)8-14(4,17)10-16-12(3)13-6-5-7-15-9-13/h5-7,9,11-12,16-17H,8,10H2,1-4H3. The number of hydrogen-bond acceptors (Lipinski definition) is 3. The summed E-state index contributed by atoms with van der Waals surface area (Å²) in [6, 6.07) is 4.18. The van der Waals surface area contributed by atoms with Crippen molar-refractivity contribution < 1.29 is 5.11 Å². The largest absolute Gasteiger partial charge is 0.389 e. The molecule has 0 aliphatic rings. The summed E-state index contributed by atoms with van der Waals surface area (Å²) in [5.74, 6) is 0.500. The summed E-state index contributed by atoms with van der Waals surface area (Å²) in [5.41, 5.74) is 0.498. The van der Waals surface area contributed by atoms with Crippen LogP contribution >= 0.6 is 0 Å². The van der Waals surface area contributed by atoms with Crippen molar-refractivity contribution in [3.8, 4) is 0 Å². The zero-order valence-electron chi connectivity index (χ0n) is 11.3. The quantitative estimate of drug-likeness (QED) is 0.798. The molecule has 0 aromatic carbocycles. The first-order valence-electron chi connectivity index (χ1n) is 6.26. The Morgan fingerprint density at radius 1 is 1.41 bits per heavy atom. The van der Waals surface area contributed by atoms with E-state index in [0.717, 1.165) is 12.0 Å². The molecule has 1 aromatic heterocycles. The first-order valence-corrected chi connectivity index (χ1v) is 6.26. The van der Waals surface area contributed by atoms with Crippen LogP contribution < -0.4 is 5.32 Å². The van der Waals surface area contributed by atoms with Gasteiger partial charge in [-0.15, -0.1) is 0 Å². The van der Waals surface area contributed by atoms with Crippen LogP contribution in [-0.4, -0.2) is 22.2 Å². The van der Waals surface area contributed by atoms with Gasteiger partial charge in [0.2, 0.25) is 0 Å². The van der Waals surface area contributed by atoms with Gasteiger partial charge in [-0.2, -0.15) is 0 Å². The molecule has 0 fully saturated rings. The molecule has 0 saturated carbocycles. The molecular formula is C14H24N2O. The first-order chi connectivity index (χ1) is 7.91. The van der Waals surface area contributed by atoms with Crippen LogP contribution in [0.25, 0.3) is 0 Å². The minimum atomic E-state index is -0.648.